The SMILES string of the molecule is C#CCNCc1nc(C(N)=O)no1. The maximum Gasteiger partial charge on any atom is 0.290 e. The van der Waals surface area contributed by atoms with E-state index in [4.69, 9.17) is 12.2 Å². The minimum absolute atomic E-state index is 0.127. The molecular formula is C7H8N4O2. The molecule has 6 heteroatoms. The van der Waals surface area contributed by atoms with E-state index in [9.17, 15) is 4.79 Å². The van der Waals surface area contributed by atoms with Crippen molar-refractivity contribution in [1.29, 1.82) is 0 Å². The Morgan fingerprint density at radius 2 is 2.54 bits per heavy atom. The first-order valence-electron chi connectivity index (χ1n) is 3.50. The van der Waals surface area contributed by atoms with E-state index in [0.717, 1.165) is 0 Å². The van der Waals surface area contributed by atoms with E-state index < -0.39 is 5.91 Å². The molecule has 0 bridgehead atoms. The fourth-order valence-corrected chi connectivity index (χ4v) is 0.668. The van der Waals surface area contributed by atoms with Crippen LogP contribution < -0.4 is 11.1 Å². The predicted octanol–water partition coefficient (Wildman–Crippen LogP) is -1.11. The zero-order valence-corrected chi connectivity index (χ0v) is 6.78. The molecule has 0 aliphatic carbocycles. The second kappa shape index (κ2) is 4.23. The number of nitrogens with one attached hydrogen (secondary N) is 1. The lowest BCUT2D eigenvalue weighted by Gasteiger charge is -1.91. The molecule has 1 rings (SSSR count). The predicted molar refractivity (Wildman–Crippen MR) is 43.4 cm³/mol. The zero-order chi connectivity index (χ0) is 9.68. The molecule has 1 aromatic rings. The van der Waals surface area contributed by atoms with Crippen LogP contribution in [0.4, 0.5) is 0 Å². The van der Waals surface area contributed by atoms with Crippen molar-refractivity contribution < 1.29 is 9.32 Å². The summed E-state index contributed by atoms with van der Waals surface area (Å²) in [5, 5.41) is 6.16. The van der Waals surface area contributed by atoms with Crippen molar-refractivity contribution in [1.82, 2.24) is 15.5 Å². The van der Waals surface area contributed by atoms with Crippen LogP contribution in [0.2, 0.25) is 0 Å². The highest BCUT2D eigenvalue weighted by Gasteiger charge is 2.09. The second-order valence-electron chi connectivity index (χ2n) is 2.18. The van der Waals surface area contributed by atoms with Crippen molar-refractivity contribution in [3.8, 4) is 12.3 Å². The third-order valence-electron chi connectivity index (χ3n) is 1.19. The van der Waals surface area contributed by atoms with Crippen LogP contribution >= 0.6 is 0 Å². The minimum Gasteiger partial charge on any atom is -0.363 e. The first-order valence-corrected chi connectivity index (χ1v) is 3.50. The molecule has 1 aromatic heterocycles. The van der Waals surface area contributed by atoms with Gasteiger partial charge >= 0.3 is 0 Å². The molecule has 0 saturated carbocycles. The number of nitrogens with two attached hydrogens (primary N) is 1. The van der Waals surface area contributed by atoms with E-state index in [-0.39, 0.29) is 11.7 Å². The van der Waals surface area contributed by atoms with Crippen LogP contribution in [0.1, 0.15) is 16.5 Å². The molecule has 68 valence electrons. The van der Waals surface area contributed by atoms with Crippen molar-refractivity contribution in [3.63, 3.8) is 0 Å². The van der Waals surface area contributed by atoms with Gasteiger partial charge in [-0.2, -0.15) is 4.98 Å². The highest BCUT2D eigenvalue weighted by Crippen LogP contribution is 1.94. The van der Waals surface area contributed by atoms with Gasteiger partial charge in [0.1, 0.15) is 0 Å². The van der Waals surface area contributed by atoms with Crippen molar-refractivity contribution in [2.45, 2.75) is 6.54 Å². The maximum atomic E-state index is 10.5. The molecule has 13 heavy (non-hydrogen) atoms. The Kier molecular flexibility index (Phi) is 3.00. The highest BCUT2D eigenvalue weighted by atomic mass is 16.5. The van der Waals surface area contributed by atoms with Crippen molar-refractivity contribution in [2.24, 2.45) is 5.73 Å². The van der Waals surface area contributed by atoms with Gasteiger partial charge in [-0.25, -0.2) is 0 Å². The first-order chi connectivity index (χ1) is 6.24. The molecule has 0 radical (unpaired) electrons. The van der Waals surface area contributed by atoms with E-state index in [2.05, 4.69) is 25.9 Å². The number of hydrogen-bond donors (Lipinski definition) is 2. The standard InChI is InChI=1S/C7H8N4O2/c1-2-3-9-4-5-10-7(6(8)12)11-13-5/h1,9H,3-4H2,(H2,8,12). The molecule has 0 unspecified atom stereocenters. The Hall–Kier alpha value is -1.87. The normalized spacial score (nSPS) is 9.46. The highest BCUT2D eigenvalue weighted by molar-refractivity contribution is 5.88. The molecule has 1 amide bonds. The van der Waals surface area contributed by atoms with E-state index in [1.54, 1.807) is 0 Å². The average Bonchev–Trinajstić information content (AvgIpc) is 2.53. The number of amides is 1. The van der Waals surface area contributed by atoms with Gasteiger partial charge in [0.15, 0.2) is 0 Å². The van der Waals surface area contributed by atoms with Crippen molar-refractivity contribution in [3.05, 3.63) is 11.7 Å². The van der Waals surface area contributed by atoms with E-state index >= 15 is 0 Å². The van der Waals surface area contributed by atoms with Crippen LogP contribution in [0.15, 0.2) is 4.52 Å². The van der Waals surface area contributed by atoms with E-state index in [0.29, 0.717) is 13.1 Å². The molecule has 0 aromatic carbocycles. The molecule has 1 heterocycles. The van der Waals surface area contributed by atoms with Crippen LogP contribution in [-0.4, -0.2) is 22.6 Å². The van der Waals surface area contributed by atoms with Gasteiger partial charge in [0.05, 0.1) is 13.1 Å². The Labute approximate surface area is 74.5 Å². The Bertz CT molecular complexity index is 339. The summed E-state index contributed by atoms with van der Waals surface area (Å²) in [5.41, 5.74) is 4.91. The second-order valence-corrected chi connectivity index (χ2v) is 2.18. The summed E-state index contributed by atoms with van der Waals surface area (Å²) in [6.07, 6.45) is 4.99. The van der Waals surface area contributed by atoms with Gasteiger partial charge in [-0.15, -0.1) is 6.42 Å². The maximum absolute atomic E-state index is 10.5. The number of primary amides is 1. The third kappa shape index (κ3) is 2.57. The zero-order valence-electron chi connectivity index (χ0n) is 6.78. The van der Waals surface area contributed by atoms with Crippen LogP contribution in [0.3, 0.4) is 0 Å². The number of terminal acetylenes is 1. The third-order valence-corrected chi connectivity index (χ3v) is 1.19. The number of aromatic nitrogens is 2. The lowest BCUT2D eigenvalue weighted by atomic mass is 10.5. The fourth-order valence-electron chi connectivity index (χ4n) is 0.668. The van der Waals surface area contributed by atoms with E-state index in [1.165, 1.54) is 0 Å². The van der Waals surface area contributed by atoms with Crippen molar-refractivity contribution in [2.75, 3.05) is 6.54 Å². The summed E-state index contributed by atoms with van der Waals surface area (Å²) in [6.45, 7) is 0.721. The Balaban J connectivity index is 2.50. The molecule has 0 fully saturated rings. The van der Waals surface area contributed by atoms with Crippen LogP contribution in [0.25, 0.3) is 0 Å². The van der Waals surface area contributed by atoms with E-state index in [1.807, 2.05) is 0 Å². The first kappa shape index (κ1) is 9.22. The number of hydrogen-bond acceptors (Lipinski definition) is 5. The quantitative estimate of drug-likeness (QED) is 0.452. The molecular weight excluding hydrogens is 172 g/mol. The van der Waals surface area contributed by atoms with Crippen LogP contribution in [-0.2, 0) is 6.54 Å². The smallest absolute Gasteiger partial charge is 0.290 e. The summed E-state index contributed by atoms with van der Waals surface area (Å²) in [5.74, 6) is 1.81. The molecule has 3 N–H and O–H groups in total. The monoisotopic (exact) mass is 180 g/mol. The lowest BCUT2D eigenvalue weighted by molar-refractivity contribution is 0.0987. The fraction of sp³-hybridized carbons (Fsp3) is 0.286. The summed E-state index contributed by atoms with van der Waals surface area (Å²) in [6, 6.07) is 0. The van der Waals surface area contributed by atoms with Gasteiger partial charge in [0.2, 0.25) is 5.89 Å². The molecule has 6 nitrogen and oxygen atoms in total. The Morgan fingerprint density at radius 1 is 1.77 bits per heavy atom. The van der Waals surface area contributed by atoms with Crippen LogP contribution in [0.5, 0.6) is 0 Å². The lowest BCUT2D eigenvalue weighted by Crippen LogP contribution is -2.15. The number of nitrogens with zero attached hydrogens (tertiary/aromatic N) is 2. The Morgan fingerprint density at radius 3 is 3.08 bits per heavy atom. The summed E-state index contributed by atoms with van der Waals surface area (Å²) < 4.78 is 4.68. The number of rotatable bonds is 4. The number of carbonyl (C=O) groups excluding carboxylic acids is 1. The summed E-state index contributed by atoms with van der Waals surface area (Å²) in [7, 11) is 0. The summed E-state index contributed by atoms with van der Waals surface area (Å²) in [4.78, 5) is 14.2. The average molecular weight is 180 g/mol. The summed E-state index contributed by atoms with van der Waals surface area (Å²) >= 11 is 0. The van der Waals surface area contributed by atoms with Gasteiger partial charge in [-0.3, -0.25) is 10.1 Å². The topological polar surface area (TPSA) is 94.0 Å². The molecule has 0 aliphatic heterocycles. The number of carbonyl (C=O) groups is 1. The van der Waals surface area contributed by atoms with Gasteiger partial charge in [0, 0.05) is 0 Å². The molecule has 0 aliphatic rings. The van der Waals surface area contributed by atoms with Crippen molar-refractivity contribution >= 4 is 5.91 Å². The molecule has 0 saturated heterocycles. The molecule has 0 spiro atoms. The molecule has 0 atom stereocenters. The van der Waals surface area contributed by atoms with Gasteiger partial charge < -0.3 is 10.3 Å². The van der Waals surface area contributed by atoms with Crippen LogP contribution in [0, 0.1) is 12.3 Å². The largest absolute Gasteiger partial charge is 0.363 e. The van der Waals surface area contributed by atoms with Gasteiger partial charge in [-0.05, 0) is 0 Å². The van der Waals surface area contributed by atoms with Gasteiger partial charge in [-0.1, -0.05) is 11.1 Å². The minimum atomic E-state index is -0.716. The van der Waals surface area contributed by atoms with Gasteiger partial charge in [0.25, 0.3) is 11.7 Å².